The monoisotopic (exact) mass is 343 g/mol. The minimum Gasteiger partial charge on any atom is -0.293 e. The lowest BCUT2D eigenvalue weighted by molar-refractivity contribution is 0.239. The summed E-state index contributed by atoms with van der Waals surface area (Å²) in [6.45, 7) is 2.27. The average molecular weight is 343 g/mol. The zero-order valence-electron chi connectivity index (χ0n) is 13.3. The van der Waals surface area contributed by atoms with Crippen LogP contribution in [0.4, 0.5) is 0 Å². The summed E-state index contributed by atoms with van der Waals surface area (Å²) in [5.74, 6) is 0. The molecule has 0 radical (unpaired) electrons. The van der Waals surface area contributed by atoms with E-state index in [1.165, 1.54) is 0 Å². The SMILES string of the molecule is CS(=O)(=O)c1ncc2c(n1)CCN(Cc1cc3ccccn3n1)C2. The van der Waals surface area contributed by atoms with Crippen LogP contribution >= 0.6 is 0 Å². The van der Waals surface area contributed by atoms with Crippen LogP contribution in [0.2, 0.25) is 0 Å². The van der Waals surface area contributed by atoms with E-state index in [2.05, 4.69) is 26.0 Å². The van der Waals surface area contributed by atoms with Gasteiger partial charge in [0.1, 0.15) is 0 Å². The molecule has 0 aliphatic carbocycles. The molecule has 0 unspecified atom stereocenters. The number of nitrogens with zero attached hydrogens (tertiary/aromatic N) is 5. The molecule has 3 aromatic heterocycles. The largest absolute Gasteiger partial charge is 0.293 e. The number of aromatic nitrogens is 4. The van der Waals surface area contributed by atoms with Gasteiger partial charge in [0.25, 0.3) is 0 Å². The van der Waals surface area contributed by atoms with Gasteiger partial charge in [-0.3, -0.25) is 4.90 Å². The van der Waals surface area contributed by atoms with Gasteiger partial charge in [-0.05, 0) is 18.2 Å². The van der Waals surface area contributed by atoms with E-state index in [1.807, 2.05) is 28.9 Å². The minimum atomic E-state index is -3.36. The standard InChI is InChI=1S/C16H17N5O2S/c1-24(22,23)16-17-9-12-10-20(7-5-15(12)18-16)11-13-8-14-4-2-3-6-21(14)19-13/h2-4,6,8-9H,5,7,10-11H2,1H3. The van der Waals surface area contributed by atoms with Gasteiger partial charge in [0.15, 0.2) is 0 Å². The predicted molar refractivity (Wildman–Crippen MR) is 88.2 cm³/mol. The maximum atomic E-state index is 11.6. The second-order valence-electron chi connectivity index (χ2n) is 6.06. The highest BCUT2D eigenvalue weighted by Crippen LogP contribution is 2.19. The van der Waals surface area contributed by atoms with Gasteiger partial charge in [-0.25, -0.2) is 22.9 Å². The van der Waals surface area contributed by atoms with Crippen molar-refractivity contribution in [2.24, 2.45) is 0 Å². The fourth-order valence-corrected chi connectivity index (χ4v) is 3.49. The molecule has 8 heteroatoms. The van der Waals surface area contributed by atoms with E-state index >= 15 is 0 Å². The Labute approximate surface area is 139 Å². The number of sulfone groups is 1. The van der Waals surface area contributed by atoms with Crippen LogP contribution in [0, 0.1) is 0 Å². The van der Waals surface area contributed by atoms with Gasteiger partial charge < -0.3 is 0 Å². The zero-order valence-corrected chi connectivity index (χ0v) is 14.1. The van der Waals surface area contributed by atoms with Crippen molar-refractivity contribution in [2.75, 3.05) is 12.8 Å². The smallest absolute Gasteiger partial charge is 0.246 e. The van der Waals surface area contributed by atoms with Crippen LogP contribution < -0.4 is 0 Å². The van der Waals surface area contributed by atoms with E-state index in [0.29, 0.717) is 13.0 Å². The first-order chi connectivity index (χ1) is 11.5. The van der Waals surface area contributed by atoms with Crippen LogP contribution in [0.3, 0.4) is 0 Å². The highest BCUT2D eigenvalue weighted by molar-refractivity contribution is 7.90. The van der Waals surface area contributed by atoms with E-state index in [1.54, 1.807) is 6.20 Å². The molecule has 0 fully saturated rings. The highest BCUT2D eigenvalue weighted by atomic mass is 32.2. The lowest BCUT2D eigenvalue weighted by Crippen LogP contribution is -2.31. The molecule has 24 heavy (non-hydrogen) atoms. The molecule has 0 saturated carbocycles. The van der Waals surface area contributed by atoms with Crippen molar-refractivity contribution in [3.8, 4) is 0 Å². The molecule has 0 bridgehead atoms. The first-order valence-corrected chi connectivity index (χ1v) is 9.59. The predicted octanol–water partition coefficient (Wildman–Crippen LogP) is 1.09. The summed E-state index contributed by atoms with van der Waals surface area (Å²) >= 11 is 0. The van der Waals surface area contributed by atoms with E-state index in [0.717, 1.165) is 41.8 Å². The quantitative estimate of drug-likeness (QED) is 0.662. The summed E-state index contributed by atoms with van der Waals surface area (Å²) in [4.78, 5) is 10.5. The van der Waals surface area contributed by atoms with E-state index in [9.17, 15) is 8.42 Å². The van der Waals surface area contributed by atoms with Crippen LogP contribution in [0.15, 0.2) is 41.8 Å². The molecule has 3 aromatic rings. The van der Waals surface area contributed by atoms with Gasteiger partial charge in [-0.1, -0.05) is 6.07 Å². The molecule has 124 valence electrons. The summed E-state index contributed by atoms with van der Waals surface area (Å²) in [6, 6.07) is 8.06. The third-order valence-corrected chi connectivity index (χ3v) is 4.99. The molecule has 7 nitrogen and oxygen atoms in total. The van der Waals surface area contributed by atoms with Crippen molar-refractivity contribution >= 4 is 15.4 Å². The molecule has 0 atom stereocenters. The topological polar surface area (TPSA) is 80.5 Å². The fraction of sp³-hybridized carbons (Fsp3) is 0.312. The molecule has 0 N–H and O–H groups in total. The number of fused-ring (bicyclic) bond motifs is 2. The number of rotatable bonds is 3. The van der Waals surface area contributed by atoms with Gasteiger partial charge in [0.2, 0.25) is 15.0 Å². The molecule has 0 amide bonds. The molecule has 4 heterocycles. The Morgan fingerprint density at radius 1 is 1.29 bits per heavy atom. The van der Waals surface area contributed by atoms with Crippen LogP contribution in [0.25, 0.3) is 5.52 Å². The summed E-state index contributed by atoms with van der Waals surface area (Å²) in [5, 5.41) is 4.49. The average Bonchev–Trinajstić information content (AvgIpc) is 2.95. The van der Waals surface area contributed by atoms with Gasteiger partial charge in [0.05, 0.1) is 16.9 Å². The van der Waals surface area contributed by atoms with Gasteiger partial charge in [-0.2, -0.15) is 5.10 Å². The lowest BCUT2D eigenvalue weighted by atomic mass is 10.1. The normalized spacial score (nSPS) is 15.5. The van der Waals surface area contributed by atoms with E-state index in [4.69, 9.17) is 0 Å². The third kappa shape index (κ3) is 2.90. The molecular weight excluding hydrogens is 326 g/mol. The van der Waals surface area contributed by atoms with Gasteiger partial charge >= 0.3 is 0 Å². The molecular formula is C16H17N5O2S. The van der Waals surface area contributed by atoms with Crippen molar-refractivity contribution in [3.63, 3.8) is 0 Å². The summed E-state index contributed by atoms with van der Waals surface area (Å²) in [6.07, 6.45) is 5.42. The van der Waals surface area contributed by atoms with Crippen LogP contribution in [-0.4, -0.2) is 45.7 Å². The van der Waals surface area contributed by atoms with Crippen LogP contribution in [-0.2, 0) is 29.3 Å². The van der Waals surface area contributed by atoms with Crippen molar-refractivity contribution in [1.82, 2.24) is 24.5 Å². The zero-order chi connectivity index (χ0) is 16.7. The molecule has 0 aromatic carbocycles. The first kappa shape index (κ1) is 15.2. The van der Waals surface area contributed by atoms with Crippen molar-refractivity contribution in [3.05, 3.63) is 53.6 Å². The number of hydrogen-bond acceptors (Lipinski definition) is 6. The molecule has 1 aliphatic rings. The minimum absolute atomic E-state index is 0.0879. The summed E-state index contributed by atoms with van der Waals surface area (Å²) < 4.78 is 25.0. The van der Waals surface area contributed by atoms with Crippen molar-refractivity contribution in [1.29, 1.82) is 0 Å². The first-order valence-electron chi connectivity index (χ1n) is 7.69. The molecule has 0 saturated heterocycles. The summed E-state index contributed by atoms with van der Waals surface area (Å²) in [5.41, 5.74) is 3.90. The fourth-order valence-electron chi connectivity index (χ4n) is 2.97. The Morgan fingerprint density at radius 2 is 2.17 bits per heavy atom. The second kappa shape index (κ2) is 5.64. The third-order valence-electron chi connectivity index (χ3n) is 4.13. The Kier molecular flexibility index (Phi) is 3.58. The van der Waals surface area contributed by atoms with Crippen LogP contribution in [0.1, 0.15) is 17.0 Å². The van der Waals surface area contributed by atoms with Gasteiger partial charge in [-0.15, -0.1) is 0 Å². The van der Waals surface area contributed by atoms with Gasteiger partial charge in [0, 0.05) is 50.3 Å². The van der Waals surface area contributed by atoms with E-state index < -0.39 is 9.84 Å². The summed E-state index contributed by atoms with van der Waals surface area (Å²) in [7, 11) is -3.36. The second-order valence-corrected chi connectivity index (χ2v) is 7.97. The Balaban J connectivity index is 1.54. The van der Waals surface area contributed by atoms with Crippen LogP contribution in [0.5, 0.6) is 0 Å². The Bertz CT molecular complexity index is 979. The Hall–Kier alpha value is -2.32. The molecule has 0 spiro atoms. The van der Waals surface area contributed by atoms with E-state index in [-0.39, 0.29) is 5.16 Å². The maximum absolute atomic E-state index is 11.6. The van der Waals surface area contributed by atoms with Crippen molar-refractivity contribution < 1.29 is 8.42 Å². The highest BCUT2D eigenvalue weighted by Gasteiger charge is 2.21. The Morgan fingerprint density at radius 3 is 2.96 bits per heavy atom. The number of pyridine rings is 1. The molecule has 1 aliphatic heterocycles. The molecule has 4 rings (SSSR count). The number of hydrogen-bond donors (Lipinski definition) is 0. The lowest BCUT2D eigenvalue weighted by Gasteiger charge is -2.27. The van der Waals surface area contributed by atoms with Crippen molar-refractivity contribution in [2.45, 2.75) is 24.7 Å². The maximum Gasteiger partial charge on any atom is 0.246 e.